The maximum absolute atomic E-state index is 13.9. The number of rotatable bonds is 11. The molecule has 1 aromatic heterocycles. The predicted molar refractivity (Wildman–Crippen MR) is 175 cm³/mol. The standard InChI is InChI=1S/C33H26N2O15S/c1-16-12-22(48-28(37)17-4-8-19(9-5-17)34(42)43)26-23(13-16)50-31-21(27(26)36)14-25(51-31)33(41,32(40)47-3)15-24(30(39)46-2)49-29(38)18-6-10-20(11-7-18)35(44)45/h4-13,24-25,41H,14-15H2,1-3H3/t24-,25+,33-/m1/s1. The van der Waals surface area contributed by atoms with E-state index in [4.69, 9.17) is 23.4 Å². The number of carbonyl (C=O) groups is 4. The molecule has 51 heavy (non-hydrogen) atoms. The highest BCUT2D eigenvalue weighted by Crippen LogP contribution is 2.45. The highest BCUT2D eigenvalue weighted by atomic mass is 32.2. The number of nitrogens with zero attached hydrogens (tertiary/aromatic N) is 2. The number of aryl methyl sites for hydroxylation is 1. The van der Waals surface area contributed by atoms with Crippen LogP contribution in [-0.2, 0) is 30.2 Å². The molecular formula is C33H26N2O15S. The number of aliphatic hydroxyl groups is 1. The molecule has 17 nitrogen and oxygen atoms in total. The van der Waals surface area contributed by atoms with Gasteiger partial charge < -0.3 is 28.5 Å². The van der Waals surface area contributed by atoms with E-state index in [1.54, 1.807) is 6.92 Å². The summed E-state index contributed by atoms with van der Waals surface area (Å²) in [7, 11) is 1.96. The Bertz CT molecular complexity index is 2150. The summed E-state index contributed by atoms with van der Waals surface area (Å²) in [5.74, 6) is -4.60. The van der Waals surface area contributed by atoms with Crippen LogP contribution in [-0.4, -0.2) is 70.0 Å². The molecule has 0 saturated heterocycles. The Labute approximate surface area is 290 Å². The third-order valence-corrected chi connectivity index (χ3v) is 9.30. The van der Waals surface area contributed by atoms with Crippen molar-refractivity contribution in [1.82, 2.24) is 0 Å². The Morgan fingerprint density at radius 1 is 0.941 bits per heavy atom. The Morgan fingerprint density at radius 3 is 2.04 bits per heavy atom. The maximum atomic E-state index is 13.9. The number of thioether (sulfide) groups is 1. The molecule has 3 atom stereocenters. The number of methoxy groups -OCH3 is 2. The molecule has 0 radical (unpaired) electrons. The normalized spacial score (nSPS) is 15.2. The molecular weight excluding hydrogens is 696 g/mol. The van der Waals surface area contributed by atoms with Crippen molar-refractivity contribution in [3.8, 4) is 5.75 Å². The van der Waals surface area contributed by atoms with Gasteiger partial charge in [-0.05, 0) is 55.3 Å². The van der Waals surface area contributed by atoms with E-state index in [1.165, 1.54) is 24.3 Å². The fourth-order valence-corrected chi connectivity index (χ4v) is 6.66. The summed E-state index contributed by atoms with van der Waals surface area (Å²) in [6.07, 6.45) is -3.10. The lowest BCUT2D eigenvalue weighted by Gasteiger charge is -2.32. The zero-order valence-corrected chi connectivity index (χ0v) is 27.6. The van der Waals surface area contributed by atoms with E-state index in [1.807, 2.05) is 0 Å². The molecule has 1 aliphatic rings. The highest BCUT2D eigenvalue weighted by Gasteiger charge is 2.53. The number of hydrogen-bond acceptors (Lipinski definition) is 16. The number of nitro groups is 2. The Morgan fingerprint density at radius 2 is 1.51 bits per heavy atom. The van der Waals surface area contributed by atoms with Crippen LogP contribution in [0, 0.1) is 27.2 Å². The summed E-state index contributed by atoms with van der Waals surface area (Å²) in [5.41, 5.74) is -3.50. The molecule has 3 aromatic carbocycles. The van der Waals surface area contributed by atoms with Crippen molar-refractivity contribution in [3.05, 3.63) is 113 Å². The summed E-state index contributed by atoms with van der Waals surface area (Å²) < 4.78 is 26.4. The zero-order valence-electron chi connectivity index (χ0n) is 26.8. The molecule has 1 aliphatic heterocycles. The molecule has 0 saturated carbocycles. The van der Waals surface area contributed by atoms with Crippen molar-refractivity contribution in [3.63, 3.8) is 0 Å². The molecule has 264 valence electrons. The average molecular weight is 723 g/mol. The predicted octanol–water partition coefficient (Wildman–Crippen LogP) is 3.85. The molecule has 0 aliphatic carbocycles. The Hall–Kier alpha value is -6.14. The van der Waals surface area contributed by atoms with Crippen molar-refractivity contribution >= 4 is 58.0 Å². The minimum absolute atomic E-state index is 0.00414. The Kier molecular flexibility index (Phi) is 10.2. The van der Waals surface area contributed by atoms with E-state index in [9.17, 15) is 49.3 Å². The number of non-ortho nitro benzene ring substituents is 2. The van der Waals surface area contributed by atoms with Crippen molar-refractivity contribution in [2.75, 3.05) is 14.2 Å². The maximum Gasteiger partial charge on any atom is 0.347 e. The molecule has 18 heteroatoms. The van der Waals surface area contributed by atoms with Crippen LogP contribution in [0.4, 0.5) is 11.4 Å². The molecule has 0 amide bonds. The van der Waals surface area contributed by atoms with E-state index in [0.29, 0.717) is 5.56 Å². The van der Waals surface area contributed by atoms with Crippen LogP contribution in [0.2, 0.25) is 0 Å². The second-order valence-electron chi connectivity index (χ2n) is 11.2. The molecule has 0 spiro atoms. The van der Waals surface area contributed by atoms with Gasteiger partial charge in [0.1, 0.15) is 16.7 Å². The minimum Gasteiger partial charge on any atom is -0.467 e. The van der Waals surface area contributed by atoms with Crippen LogP contribution in [0.15, 0.2) is 75.0 Å². The van der Waals surface area contributed by atoms with Gasteiger partial charge >= 0.3 is 23.9 Å². The average Bonchev–Trinajstić information content (AvgIpc) is 3.55. The fourth-order valence-electron chi connectivity index (χ4n) is 5.31. The largest absolute Gasteiger partial charge is 0.467 e. The second-order valence-corrected chi connectivity index (χ2v) is 12.4. The smallest absolute Gasteiger partial charge is 0.347 e. The summed E-state index contributed by atoms with van der Waals surface area (Å²) in [4.78, 5) is 86.4. The summed E-state index contributed by atoms with van der Waals surface area (Å²) in [6, 6.07) is 11.8. The van der Waals surface area contributed by atoms with Gasteiger partial charge in [0.2, 0.25) is 11.5 Å². The van der Waals surface area contributed by atoms with Crippen LogP contribution < -0.4 is 10.2 Å². The first-order valence-corrected chi connectivity index (χ1v) is 15.6. The van der Waals surface area contributed by atoms with E-state index in [-0.39, 0.29) is 56.3 Å². The topological polar surface area (TPSA) is 242 Å². The molecule has 5 rings (SSSR count). The van der Waals surface area contributed by atoms with Gasteiger partial charge in [-0.25, -0.2) is 19.2 Å². The van der Waals surface area contributed by atoms with Crippen molar-refractivity contribution in [2.24, 2.45) is 0 Å². The number of fused-ring (bicyclic) bond motifs is 2. The zero-order chi connectivity index (χ0) is 37.2. The monoisotopic (exact) mass is 722 g/mol. The Balaban J connectivity index is 1.45. The first kappa shape index (κ1) is 36.1. The number of carbonyl (C=O) groups excluding carboxylic acids is 4. The van der Waals surface area contributed by atoms with Crippen molar-refractivity contribution < 1.29 is 57.5 Å². The van der Waals surface area contributed by atoms with E-state index < -0.39 is 62.5 Å². The minimum atomic E-state index is -2.59. The number of nitro benzene ring substituents is 2. The van der Waals surface area contributed by atoms with Gasteiger partial charge in [-0.1, -0.05) is 11.8 Å². The van der Waals surface area contributed by atoms with Gasteiger partial charge in [0.25, 0.3) is 11.4 Å². The van der Waals surface area contributed by atoms with Gasteiger partial charge in [-0.2, -0.15) is 0 Å². The van der Waals surface area contributed by atoms with Crippen LogP contribution in [0.3, 0.4) is 0 Å². The van der Waals surface area contributed by atoms with E-state index in [0.717, 1.165) is 62.4 Å². The van der Waals surface area contributed by atoms with Gasteiger partial charge in [0.15, 0.2) is 10.7 Å². The van der Waals surface area contributed by atoms with Crippen LogP contribution in [0.5, 0.6) is 5.75 Å². The van der Waals surface area contributed by atoms with Crippen molar-refractivity contribution in [2.45, 2.75) is 41.8 Å². The summed E-state index contributed by atoms with van der Waals surface area (Å²) >= 11 is 0.786. The number of esters is 4. The van der Waals surface area contributed by atoms with Gasteiger partial charge in [0.05, 0.1) is 46.0 Å². The molecule has 2 heterocycles. The lowest BCUT2D eigenvalue weighted by Crippen LogP contribution is -2.53. The number of benzene rings is 3. The van der Waals surface area contributed by atoms with Crippen LogP contribution >= 0.6 is 11.8 Å². The lowest BCUT2D eigenvalue weighted by molar-refractivity contribution is -0.385. The van der Waals surface area contributed by atoms with E-state index in [2.05, 4.69) is 0 Å². The van der Waals surface area contributed by atoms with Crippen LogP contribution in [0.25, 0.3) is 11.0 Å². The van der Waals surface area contributed by atoms with E-state index >= 15 is 0 Å². The SMILES string of the molecule is COC(=O)[C@@H](C[C@](O)(C(=O)OC)[C@@H]1Cc2c(oc3cc(C)cc(OC(=O)c4ccc([N+](=O)[O-])cc4)c3c2=O)S1)OC(=O)c1ccc([N+](=O)[O-])cc1. The highest BCUT2D eigenvalue weighted by molar-refractivity contribution is 8.00. The van der Waals surface area contributed by atoms with Gasteiger partial charge in [-0.15, -0.1) is 0 Å². The molecule has 0 unspecified atom stereocenters. The lowest BCUT2D eigenvalue weighted by atomic mass is 9.88. The first-order valence-electron chi connectivity index (χ1n) is 14.7. The molecule has 1 N–H and O–H groups in total. The second kappa shape index (κ2) is 14.4. The quantitative estimate of drug-likeness (QED) is 0.0760. The third-order valence-electron chi connectivity index (χ3n) is 7.91. The van der Waals surface area contributed by atoms with Crippen LogP contribution in [0.1, 0.15) is 38.3 Å². The number of ether oxygens (including phenoxy) is 4. The summed E-state index contributed by atoms with van der Waals surface area (Å²) in [5, 5.41) is 32.4. The molecule has 4 aromatic rings. The number of hydrogen-bond donors (Lipinski definition) is 1. The van der Waals surface area contributed by atoms with Gasteiger partial charge in [0, 0.05) is 30.7 Å². The molecule has 0 fully saturated rings. The molecule has 0 bridgehead atoms. The third kappa shape index (κ3) is 7.26. The fraction of sp³-hybridized carbons (Fsp3) is 0.242. The van der Waals surface area contributed by atoms with Crippen molar-refractivity contribution in [1.29, 1.82) is 0 Å². The van der Waals surface area contributed by atoms with Gasteiger partial charge in [-0.3, -0.25) is 25.0 Å². The first-order chi connectivity index (χ1) is 24.2. The summed E-state index contributed by atoms with van der Waals surface area (Å²) in [6.45, 7) is 1.65.